The van der Waals surface area contributed by atoms with Crippen molar-refractivity contribution in [2.24, 2.45) is 17.6 Å². The van der Waals surface area contributed by atoms with E-state index in [0.717, 1.165) is 38.1 Å². The molecule has 0 bridgehead atoms. The van der Waals surface area contributed by atoms with Gasteiger partial charge in [-0.15, -0.1) is 0 Å². The molecule has 3 nitrogen and oxygen atoms in total. The van der Waals surface area contributed by atoms with Crippen LogP contribution in [0.3, 0.4) is 0 Å². The van der Waals surface area contributed by atoms with Crippen LogP contribution in [0.25, 0.3) is 0 Å². The second-order valence-electron chi connectivity index (χ2n) is 5.45. The Morgan fingerprint density at radius 1 is 1.38 bits per heavy atom. The molecule has 1 amide bonds. The highest BCUT2D eigenvalue weighted by Crippen LogP contribution is 2.23. The maximum atomic E-state index is 11.7. The highest BCUT2D eigenvalue weighted by Gasteiger charge is 2.27. The van der Waals surface area contributed by atoms with Gasteiger partial charge in [-0.05, 0) is 31.6 Å². The second-order valence-corrected chi connectivity index (χ2v) is 5.45. The van der Waals surface area contributed by atoms with Crippen LogP contribution in [0.5, 0.6) is 0 Å². The van der Waals surface area contributed by atoms with Crippen molar-refractivity contribution < 1.29 is 4.79 Å². The van der Waals surface area contributed by atoms with Gasteiger partial charge in [0.1, 0.15) is 0 Å². The molecule has 94 valence electrons. The molecule has 0 aromatic rings. The van der Waals surface area contributed by atoms with E-state index in [1.165, 1.54) is 12.8 Å². The number of amides is 1. The minimum atomic E-state index is 0.181. The third kappa shape index (κ3) is 4.97. The SMILES string of the molecule is CC(C)CCCCNC(=O)C1CCC(N)C1. The van der Waals surface area contributed by atoms with E-state index in [0.29, 0.717) is 0 Å². The van der Waals surface area contributed by atoms with E-state index in [4.69, 9.17) is 5.73 Å². The normalized spacial score (nSPS) is 25.0. The molecule has 16 heavy (non-hydrogen) atoms. The summed E-state index contributed by atoms with van der Waals surface area (Å²) in [5.74, 6) is 1.17. The Labute approximate surface area is 99.2 Å². The number of rotatable bonds is 6. The fraction of sp³-hybridized carbons (Fsp3) is 0.923. The predicted octanol–water partition coefficient (Wildman–Crippen LogP) is 2.06. The summed E-state index contributed by atoms with van der Waals surface area (Å²) < 4.78 is 0. The number of hydrogen-bond acceptors (Lipinski definition) is 2. The van der Waals surface area contributed by atoms with Gasteiger partial charge >= 0.3 is 0 Å². The predicted molar refractivity (Wildman–Crippen MR) is 67.0 cm³/mol. The topological polar surface area (TPSA) is 55.1 Å². The van der Waals surface area contributed by atoms with Gasteiger partial charge in [-0.3, -0.25) is 4.79 Å². The van der Waals surface area contributed by atoms with Crippen LogP contribution in [-0.2, 0) is 4.79 Å². The zero-order valence-electron chi connectivity index (χ0n) is 10.7. The smallest absolute Gasteiger partial charge is 0.223 e. The van der Waals surface area contributed by atoms with Crippen molar-refractivity contribution in [3.8, 4) is 0 Å². The maximum Gasteiger partial charge on any atom is 0.223 e. The van der Waals surface area contributed by atoms with Gasteiger partial charge in [0, 0.05) is 18.5 Å². The number of nitrogens with two attached hydrogens (primary N) is 1. The van der Waals surface area contributed by atoms with Gasteiger partial charge in [0.2, 0.25) is 5.91 Å². The summed E-state index contributed by atoms with van der Waals surface area (Å²) in [5.41, 5.74) is 5.79. The lowest BCUT2D eigenvalue weighted by atomic mass is 10.1. The molecular weight excluding hydrogens is 200 g/mol. The lowest BCUT2D eigenvalue weighted by Gasteiger charge is -2.11. The third-order valence-corrected chi connectivity index (χ3v) is 3.35. The van der Waals surface area contributed by atoms with Crippen molar-refractivity contribution in [2.75, 3.05) is 6.54 Å². The van der Waals surface area contributed by atoms with E-state index < -0.39 is 0 Å². The molecule has 3 N–H and O–H groups in total. The highest BCUT2D eigenvalue weighted by molar-refractivity contribution is 5.78. The number of carbonyl (C=O) groups is 1. The Morgan fingerprint density at radius 3 is 2.69 bits per heavy atom. The van der Waals surface area contributed by atoms with Crippen molar-refractivity contribution in [2.45, 2.75) is 58.4 Å². The molecule has 0 radical (unpaired) electrons. The van der Waals surface area contributed by atoms with E-state index in [-0.39, 0.29) is 17.9 Å². The summed E-state index contributed by atoms with van der Waals surface area (Å²) in [6.45, 7) is 5.30. The molecule has 1 fully saturated rings. The first-order chi connectivity index (χ1) is 7.59. The largest absolute Gasteiger partial charge is 0.356 e. The van der Waals surface area contributed by atoms with Crippen LogP contribution in [0.15, 0.2) is 0 Å². The quantitative estimate of drug-likeness (QED) is 0.681. The summed E-state index contributed by atoms with van der Waals surface area (Å²) in [7, 11) is 0. The minimum absolute atomic E-state index is 0.181. The van der Waals surface area contributed by atoms with Crippen LogP contribution >= 0.6 is 0 Å². The molecular formula is C13H26N2O. The zero-order chi connectivity index (χ0) is 12.0. The molecule has 1 aliphatic rings. The Balaban J connectivity index is 2.02. The van der Waals surface area contributed by atoms with Crippen molar-refractivity contribution in [3.05, 3.63) is 0 Å². The van der Waals surface area contributed by atoms with Gasteiger partial charge in [0.05, 0.1) is 0 Å². The molecule has 1 aliphatic carbocycles. The molecule has 0 aromatic carbocycles. The van der Waals surface area contributed by atoms with Gasteiger partial charge in [0.15, 0.2) is 0 Å². The lowest BCUT2D eigenvalue weighted by molar-refractivity contribution is -0.124. The van der Waals surface area contributed by atoms with Crippen molar-refractivity contribution >= 4 is 5.91 Å². The first kappa shape index (κ1) is 13.5. The Morgan fingerprint density at radius 2 is 2.12 bits per heavy atom. The molecule has 3 heteroatoms. The molecule has 0 aliphatic heterocycles. The Kier molecular flexibility index (Phi) is 5.81. The number of nitrogens with one attached hydrogen (secondary N) is 1. The Bertz CT molecular complexity index is 216. The molecule has 2 unspecified atom stereocenters. The van der Waals surface area contributed by atoms with Crippen LogP contribution in [0.2, 0.25) is 0 Å². The molecule has 0 heterocycles. The van der Waals surface area contributed by atoms with E-state index in [2.05, 4.69) is 19.2 Å². The van der Waals surface area contributed by atoms with Gasteiger partial charge < -0.3 is 11.1 Å². The summed E-state index contributed by atoms with van der Waals surface area (Å²) in [6, 6.07) is 0.247. The molecule has 0 saturated heterocycles. The van der Waals surface area contributed by atoms with Crippen LogP contribution in [0, 0.1) is 11.8 Å². The summed E-state index contributed by atoms with van der Waals surface area (Å²) in [4.78, 5) is 11.7. The standard InChI is InChI=1S/C13H26N2O/c1-10(2)5-3-4-8-15-13(16)11-6-7-12(14)9-11/h10-12H,3-9,14H2,1-2H3,(H,15,16). The first-order valence-corrected chi connectivity index (χ1v) is 6.63. The van der Waals surface area contributed by atoms with Crippen molar-refractivity contribution in [3.63, 3.8) is 0 Å². The van der Waals surface area contributed by atoms with Crippen LogP contribution in [0.1, 0.15) is 52.4 Å². The summed E-state index contributed by atoms with van der Waals surface area (Å²) in [6.07, 6.45) is 6.41. The third-order valence-electron chi connectivity index (χ3n) is 3.35. The van der Waals surface area contributed by atoms with Crippen LogP contribution in [-0.4, -0.2) is 18.5 Å². The summed E-state index contributed by atoms with van der Waals surface area (Å²) >= 11 is 0. The van der Waals surface area contributed by atoms with Crippen LogP contribution < -0.4 is 11.1 Å². The van der Waals surface area contributed by atoms with Crippen molar-refractivity contribution in [1.29, 1.82) is 0 Å². The number of hydrogen-bond donors (Lipinski definition) is 2. The van der Waals surface area contributed by atoms with E-state index in [1.807, 2.05) is 0 Å². The van der Waals surface area contributed by atoms with Crippen LogP contribution in [0.4, 0.5) is 0 Å². The van der Waals surface area contributed by atoms with Crippen molar-refractivity contribution in [1.82, 2.24) is 5.32 Å². The number of unbranched alkanes of at least 4 members (excludes halogenated alkanes) is 1. The minimum Gasteiger partial charge on any atom is -0.356 e. The average molecular weight is 226 g/mol. The molecule has 1 rings (SSSR count). The summed E-state index contributed by atoms with van der Waals surface area (Å²) in [5, 5.41) is 3.02. The molecule has 2 atom stereocenters. The van der Waals surface area contributed by atoms with Gasteiger partial charge in [0.25, 0.3) is 0 Å². The zero-order valence-corrected chi connectivity index (χ0v) is 10.7. The number of carbonyl (C=O) groups excluding carboxylic acids is 1. The van der Waals surface area contributed by atoms with Gasteiger partial charge in [-0.1, -0.05) is 26.7 Å². The fourth-order valence-corrected chi connectivity index (χ4v) is 2.29. The monoisotopic (exact) mass is 226 g/mol. The second kappa shape index (κ2) is 6.89. The average Bonchev–Trinajstić information content (AvgIpc) is 2.63. The fourth-order valence-electron chi connectivity index (χ4n) is 2.29. The van der Waals surface area contributed by atoms with E-state index in [1.54, 1.807) is 0 Å². The molecule has 0 spiro atoms. The van der Waals surface area contributed by atoms with E-state index >= 15 is 0 Å². The van der Waals surface area contributed by atoms with Gasteiger partial charge in [-0.2, -0.15) is 0 Å². The highest BCUT2D eigenvalue weighted by atomic mass is 16.1. The first-order valence-electron chi connectivity index (χ1n) is 6.63. The van der Waals surface area contributed by atoms with E-state index in [9.17, 15) is 4.79 Å². The lowest BCUT2D eigenvalue weighted by Crippen LogP contribution is -2.31. The van der Waals surface area contributed by atoms with Gasteiger partial charge in [-0.25, -0.2) is 0 Å². The maximum absolute atomic E-state index is 11.7. The molecule has 0 aromatic heterocycles. The Hall–Kier alpha value is -0.570. The molecule has 1 saturated carbocycles.